The number of carbonyl (C=O) groups excluding carboxylic acids is 1. The number of nitrogens with zero attached hydrogens (tertiary/aromatic N) is 1. The fraction of sp³-hybridized carbons (Fsp3) is 0.667. The Kier molecular flexibility index (Phi) is 7.22. The predicted molar refractivity (Wildman–Crippen MR) is 105 cm³/mol. The van der Waals surface area contributed by atoms with E-state index in [1.807, 2.05) is 13.8 Å². The average Bonchev–Trinajstić information content (AvgIpc) is 2.62. The van der Waals surface area contributed by atoms with Gasteiger partial charge in [0, 0.05) is 12.2 Å². The first-order valence-corrected chi connectivity index (χ1v) is 10.0. The number of carboxylic acid groups (broad SMARTS) is 1. The summed E-state index contributed by atoms with van der Waals surface area (Å²) in [4.78, 5) is 37.2. The Bertz CT molecular complexity index is 745. The third kappa shape index (κ3) is 4.99. The molecule has 0 aromatic carbocycles. The SMILES string of the molecule is CCc1c(C)cc(C(=O)NC(C(=O)O)C(C)C)c(=O)n1CC1CCCCC1. The van der Waals surface area contributed by atoms with Gasteiger partial charge in [0.2, 0.25) is 0 Å². The summed E-state index contributed by atoms with van der Waals surface area (Å²) in [6.45, 7) is 8.01. The number of pyridine rings is 1. The fourth-order valence-electron chi connectivity index (χ4n) is 4.03. The van der Waals surface area contributed by atoms with Crippen LogP contribution < -0.4 is 10.9 Å². The number of aryl methyl sites for hydroxylation is 1. The Morgan fingerprint density at radius 1 is 1.26 bits per heavy atom. The van der Waals surface area contributed by atoms with Gasteiger partial charge in [-0.1, -0.05) is 40.0 Å². The maximum Gasteiger partial charge on any atom is 0.326 e. The van der Waals surface area contributed by atoms with E-state index < -0.39 is 17.9 Å². The van der Waals surface area contributed by atoms with Crippen LogP contribution in [-0.4, -0.2) is 27.6 Å². The van der Waals surface area contributed by atoms with Gasteiger partial charge in [0.25, 0.3) is 11.5 Å². The van der Waals surface area contributed by atoms with Crippen molar-refractivity contribution in [3.8, 4) is 0 Å². The standard InChI is InChI=1S/C21H32N2O4/c1-5-17-14(4)11-16(19(24)22-18(13(2)3)21(26)27)20(25)23(17)12-15-9-7-6-8-10-15/h11,13,15,18H,5-10,12H2,1-4H3,(H,22,24)(H,26,27). The monoisotopic (exact) mass is 376 g/mol. The molecule has 1 aromatic rings. The highest BCUT2D eigenvalue weighted by Crippen LogP contribution is 2.25. The second kappa shape index (κ2) is 9.20. The summed E-state index contributed by atoms with van der Waals surface area (Å²) in [6, 6.07) is 0.586. The minimum absolute atomic E-state index is 0.0346. The van der Waals surface area contributed by atoms with Crippen molar-refractivity contribution in [1.82, 2.24) is 9.88 Å². The van der Waals surface area contributed by atoms with Gasteiger partial charge in [-0.25, -0.2) is 4.79 Å². The van der Waals surface area contributed by atoms with E-state index in [9.17, 15) is 19.5 Å². The quantitative estimate of drug-likeness (QED) is 0.765. The molecular weight excluding hydrogens is 344 g/mol. The first-order chi connectivity index (χ1) is 12.8. The first-order valence-electron chi connectivity index (χ1n) is 10.0. The summed E-state index contributed by atoms with van der Waals surface area (Å²) in [5.74, 6) is -1.51. The first kappa shape index (κ1) is 21.2. The van der Waals surface area contributed by atoms with Gasteiger partial charge in [0.15, 0.2) is 0 Å². The number of hydrogen-bond acceptors (Lipinski definition) is 3. The highest BCUT2D eigenvalue weighted by molar-refractivity contribution is 5.96. The van der Waals surface area contributed by atoms with Gasteiger partial charge in [-0.3, -0.25) is 9.59 Å². The van der Waals surface area contributed by atoms with Crippen LogP contribution in [0.3, 0.4) is 0 Å². The fourth-order valence-corrected chi connectivity index (χ4v) is 4.03. The number of carbonyl (C=O) groups is 2. The molecule has 6 nitrogen and oxygen atoms in total. The van der Waals surface area contributed by atoms with Crippen molar-refractivity contribution in [3.05, 3.63) is 33.2 Å². The zero-order valence-electron chi connectivity index (χ0n) is 16.9. The number of rotatable bonds is 7. The lowest BCUT2D eigenvalue weighted by Crippen LogP contribution is -2.46. The molecule has 1 unspecified atom stereocenters. The van der Waals surface area contributed by atoms with Crippen LogP contribution in [-0.2, 0) is 17.8 Å². The minimum Gasteiger partial charge on any atom is -0.480 e. The number of hydrogen-bond donors (Lipinski definition) is 2. The number of carboxylic acids is 1. The van der Waals surface area contributed by atoms with Crippen LogP contribution in [0.15, 0.2) is 10.9 Å². The second-order valence-corrected chi connectivity index (χ2v) is 7.99. The summed E-state index contributed by atoms with van der Waals surface area (Å²) in [5, 5.41) is 11.8. The summed E-state index contributed by atoms with van der Waals surface area (Å²) in [6.07, 6.45) is 6.57. The molecule has 0 spiro atoms. The van der Waals surface area contributed by atoms with E-state index in [-0.39, 0.29) is 17.0 Å². The normalized spacial score (nSPS) is 16.3. The summed E-state index contributed by atoms with van der Waals surface area (Å²) < 4.78 is 1.76. The molecule has 0 aliphatic heterocycles. The Labute approximate surface area is 161 Å². The zero-order valence-corrected chi connectivity index (χ0v) is 16.9. The molecule has 1 aromatic heterocycles. The van der Waals surface area contributed by atoms with E-state index in [1.54, 1.807) is 24.5 Å². The number of aromatic nitrogens is 1. The van der Waals surface area contributed by atoms with Crippen molar-refractivity contribution in [2.75, 3.05) is 0 Å². The largest absolute Gasteiger partial charge is 0.480 e. The minimum atomic E-state index is -1.09. The molecule has 1 aliphatic carbocycles. The van der Waals surface area contributed by atoms with Gasteiger partial charge in [-0.15, -0.1) is 0 Å². The Morgan fingerprint density at radius 2 is 1.89 bits per heavy atom. The smallest absolute Gasteiger partial charge is 0.326 e. The van der Waals surface area contributed by atoms with Crippen molar-refractivity contribution >= 4 is 11.9 Å². The lowest BCUT2D eigenvalue weighted by Gasteiger charge is -2.25. The molecular formula is C21H32N2O4. The predicted octanol–water partition coefficient (Wildman–Crippen LogP) is 3.14. The zero-order chi connectivity index (χ0) is 20.1. The number of aliphatic carboxylic acids is 1. The number of nitrogens with one attached hydrogen (secondary N) is 1. The Hall–Kier alpha value is -2.11. The van der Waals surface area contributed by atoms with Crippen LogP contribution in [0, 0.1) is 18.8 Å². The maximum atomic E-state index is 13.1. The van der Waals surface area contributed by atoms with E-state index in [0.717, 1.165) is 30.5 Å². The van der Waals surface area contributed by atoms with Crippen LogP contribution in [0.2, 0.25) is 0 Å². The van der Waals surface area contributed by atoms with Gasteiger partial charge >= 0.3 is 5.97 Å². The van der Waals surface area contributed by atoms with Crippen molar-refractivity contribution < 1.29 is 14.7 Å². The third-order valence-electron chi connectivity index (χ3n) is 5.58. The molecule has 0 saturated heterocycles. The maximum absolute atomic E-state index is 13.1. The van der Waals surface area contributed by atoms with E-state index in [1.165, 1.54) is 19.3 Å². The topological polar surface area (TPSA) is 88.4 Å². The van der Waals surface area contributed by atoms with Gasteiger partial charge in [0.1, 0.15) is 11.6 Å². The molecule has 1 amide bonds. The lowest BCUT2D eigenvalue weighted by atomic mass is 9.89. The highest BCUT2D eigenvalue weighted by Gasteiger charge is 2.26. The van der Waals surface area contributed by atoms with Crippen LogP contribution in [0.5, 0.6) is 0 Å². The van der Waals surface area contributed by atoms with Crippen molar-refractivity contribution in [3.63, 3.8) is 0 Å². The number of amides is 1. The molecule has 150 valence electrons. The van der Waals surface area contributed by atoms with Crippen LogP contribution in [0.4, 0.5) is 0 Å². The van der Waals surface area contributed by atoms with Gasteiger partial charge < -0.3 is 15.0 Å². The van der Waals surface area contributed by atoms with Crippen LogP contribution >= 0.6 is 0 Å². The summed E-state index contributed by atoms with van der Waals surface area (Å²) >= 11 is 0. The molecule has 1 fully saturated rings. The third-order valence-corrected chi connectivity index (χ3v) is 5.58. The molecule has 1 aliphatic rings. The van der Waals surface area contributed by atoms with E-state index >= 15 is 0 Å². The Morgan fingerprint density at radius 3 is 2.41 bits per heavy atom. The van der Waals surface area contributed by atoms with Gasteiger partial charge in [0.05, 0.1) is 0 Å². The molecule has 2 N–H and O–H groups in total. The van der Waals surface area contributed by atoms with E-state index in [0.29, 0.717) is 12.5 Å². The van der Waals surface area contributed by atoms with Crippen LogP contribution in [0.1, 0.15) is 74.5 Å². The molecule has 0 radical (unpaired) electrons. The Balaban J connectivity index is 2.38. The molecule has 6 heteroatoms. The lowest BCUT2D eigenvalue weighted by molar-refractivity contribution is -0.140. The average molecular weight is 376 g/mol. The highest BCUT2D eigenvalue weighted by atomic mass is 16.4. The summed E-state index contributed by atoms with van der Waals surface area (Å²) in [5.41, 5.74) is 1.58. The second-order valence-electron chi connectivity index (χ2n) is 7.99. The van der Waals surface area contributed by atoms with E-state index in [2.05, 4.69) is 5.32 Å². The molecule has 1 atom stereocenters. The van der Waals surface area contributed by atoms with Crippen molar-refractivity contribution in [2.45, 2.75) is 78.8 Å². The van der Waals surface area contributed by atoms with Crippen LogP contribution in [0.25, 0.3) is 0 Å². The molecule has 0 bridgehead atoms. The van der Waals surface area contributed by atoms with Crippen molar-refractivity contribution in [1.29, 1.82) is 0 Å². The van der Waals surface area contributed by atoms with Crippen molar-refractivity contribution in [2.24, 2.45) is 11.8 Å². The molecule has 1 heterocycles. The summed E-state index contributed by atoms with van der Waals surface area (Å²) in [7, 11) is 0. The molecule has 2 rings (SSSR count). The van der Waals surface area contributed by atoms with Gasteiger partial charge in [-0.2, -0.15) is 0 Å². The molecule has 27 heavy (non-hydrogen) atoms. The van der Waals surface area contributed by atoms with Gasteiger partial charge in [-0.05, 0) is 49.7 Å². The van der Waals surface area contributed by atoms with E-state index in [4.69, 9.17) is 0 Å². The molecule has 1 saturated carbocycles.